The fourth-order valence-electron chi connectivity index (χ4n) is 1.96. The molecule has 0 radical (unpaired) electrons. The lowest BCUT2D eigenvalue weighted by Crippen LogP contribution is -2.35. The van der Waals surface area contributed by atoms with Gasteiger partial charge in [-0.05, 0) is 30.7 Å². The van der Waals surface area contributed by atoms with Crippen molar-refractivity contribution in [3.63, 3.8) is 0 Å². The van der Waals surface area contributed by atoms with E-state index in [1.807, 2.05) is 6.92 Å². The van der Waals surface area contributed by atoms with E-state index in [1.165, 1.54) is 12.1 Å². The van der Waals surface area contributed by atoms with Gasteiger partial charge >= 0.3 is 6.18 Å². The lowest BCUT2D eigenvalue weighted by atomic mass is 10.1. The van der Waals surface area contributed by atoms with Gasteiger partial charge in [0.1, 0.15) is 12.4 Å². The average molecular weight is 292 g/mol. The normalized spacial score (nSPS) is 11.7. The standard InChI is InChI=1S/C14H20F4N2/c1-3-7-20(10-14(16,17)18)13-6-5-11(8-12(13)15)9-19-4-2/h5-6,8,19H,3-4,7,9-10H2,1-2H3. The molecule has 6 heteroatoms. The molecule has 114 valence electrons. The molecule has 0 saturated carbocycles. The first-order valence-electron chi connectivity index (χ1n) is 6.68. The summed E-state index contributed by atoms with van der Waals surface area (Å²) in [4.78, 5) is 1.03. The predicted octanol–water partition coefficient (Wildman–Crippen LogP) is 3.71. The smallest absolute Gasteiger partial charge is 0.360 e. The fraction of sp³-hybridized carbons (Fsp3) is 0.571. The third-order valence-electron chi connectivity index (χ3n) is 2.80. The molecule has 0 bridgehead atoms. The number of alkyl halides is 3. The summed E-state index contributed by atoms with van der Waals surface area (Å²) < 4.78 is 51.5. The van der Waals surface area contributed by atoms with Crippen molar-refractivity contribution in [2.45, 2.75) is 33.0 Å². The van der Waals surface area contributed by atoms with E-state index < -0.39 is 18.5 Å². The van der Waals surface area contributed by atoms with E-state index in [0.29, 0.717) is 13.0 Å². The summed E-state index contributed by atoms with van der Waals surface area (Å²) in [6.07, 6.45) is -3.82. The van der Waals surface area contributed by atoms with Gasteiger partial charge in [0.15, 0.2) is 0 Å². The molecule has 2 nitrogen and oxygen atoms in total. The Morgan fingerprint density at radius 3 is 2.40 bits per heavy atom. The van der Waals surface area contributed by atoms with Crippen LogP contribution >= 0.6 is 0 Å². The molecular weight excluding hydrogens is 272 g/mol. The van der Waals surface area contributed by atoms with Gasteiger partial charge in [-0.3, -0.25) is 0 Å². The molecule has 1 aromatic rings. The number of halogens is 4. The second-order valence-electron chi connectivity index (χ2n) is 4.60. The zero-order valence-electron chi connectivity index (χ0n) is 11.7. The van der Waals surface area contributed by atoms with Crippen LogP contribution in [-0.4, -0.2) is 25.8 Å². The van der Waals surface area contributed by atoms with E-state index >= 15 is 0 Å². The van der Waals surface area contributed by atoms with E-state index in [2.05, 4.69) is 5.32 Å². The molecule has 1 aromatic carbocycles. The highest BCUT2D eigenvalue weighted by molar-refractivity contribution is 5.49. The first kappa shape index (κ1) is 16.8. The summed E-state index contributed by atoms with van der Waals surface area (Å²) in [5, 5.41) is 3.04. The van der Waals surface area contributed by atoms with Crippen molar-refractivity contribution in [2.24, 2.45) is 0 Å². The lowest BCUT2D eigenvalue weighted by molar-refractivity contribution is -0.119. The molecule has 0 aliphatic rings. The van der Waals surface area contributed by atoms with Crippen LogP contribution in [0.15, 0.2) is 18.2 Å². The molecule has 0 aromatic heterocycles. The number of anilines is 1. The molecule has 1 N–H and O–H groups in total. The highest BCUT2D eigenvalue weighted by Gasteiger charge is 2.31. The Morgan fingerprint density at radius 1 is 1.20 bits per heavy atom. The quantitative estimate of drug-likeness (QED) is 0.771. The van der Waals surface area contributed by atoms with Crippen LogP contribution in [-0.2, 0) is 6.54 Å². The maximum absolute atomic E-state index is 14.0. The lowest BCUT2D eigenvalue weighted by Gasteiger charge is -2.26. The van der Waals surface area contributed by atoms with Crippen molar-refractivity contribution in [1.29, 1.82) is 0 Å². The molecule has 0 heterocycles. The largest absolute Gasteiger partial charge is 0.405 e. The summed E-state index contributed by atoms with van der Waals surface area (Å²) >= 11 is 0. The maximum atomic E-state index is 14.0. The molecule has 0 unspecified atom stereocenters. The summed E-state index contributed by atoms with van der Waals surface area (Å²) in [5.74, 6) is -0.613. The third-order valence-corrected chi connectivity index (χ3v) is 2.80. The van der Waals surface area contributed by atoms with Gasteiger partial charge in [0.25, 0.3) is 0 Å². The third kappa shape index (κ3) is 5.36. The van der Waals surface area contributed by atoms with Gasteiger partial charge in [0.05, 0.1) is 5.69 Å². The average Bonchev–Trinajstić information content (AvgIpc) is 2.34. The molecule has 1 rings (SSSR count). The van der Waals surface area contributed by atoms with Crippen molar-refractivity contribution in [2.75, 3.05) is 24.5 Å². The number of nitrogens with zero attached hydrogens (tertiary/aromatic N) is 1. The monoisotopic (exact) mass is 292 g/mol. The zero-order valence-corrected chi connectivity index (χ0v) is 11.7. The van der Waals surface area contributed by atoms with Crippen LogP contribution in [0.25, 0.3) is 0 Å². The molecule has 0 aliphatic carbocycles. The van der Waals surface area contributed by atoms with Gasteiger partial charge in [-0.15, -0.1) is 0 Å². The number of nitrogens with one attached hydrogen (secondary N) is 1. The number of rotatable bonds is 7. The fourth-order valence-corrected chi connectivity index (χ4v) is 1.96. The Hall–Kier alpha value is -1.30. The van der Waals surface area contributed by atoms with E-state index in [0.717, 1.165) is 17.0 Å². The van der Waals surface area contributed by atoms with Crippen LogP contribution in [0.4, 0.5) is 23.2 Å². The highest BCUT2D eigenvalue weighted by atomic mass is 19.4. The number of benzene rings is 1. The molecule has 0 fully saturated rings. The van der Waals surface area contributed by atoms with Gasteiger partial charge in [-0.2, -0.15) is 13.2 Å². The van der Waals surface area contributed by atoms with E-state index in [-0.39, 0.29) is 12.2 Å². The van der Waals surface area contributed by atoms with Gasteiger partial charge in [0, 0.05) is 13.1 Å². The van der Waals surface area contributed by atoms with Crippen molar-refractivity contribution in [1.82, 2.24) is 5.32 Å². The predicted molar refractivity (Wildman–Crippen MR) is 72.3 cm³/mol. The van der Waals surface area contributed by atoms with Crippen LogP contribution < -0.4 is 10.2 Å². The summed E-state index contributed by atoms with van der Waals surface area (Å²) in [6.45, 7) is 3.98. The molecule has 20 heavy (non-hydrogen) atoms. The molecular formula is C14H20F4N2. The van der Waals surface area contributed by atoms with Gasteiger partial charge < -0.3 is 10.2 Å². The van der Waals surface area contributed by atoms with Crippen molar-refractivity contribution < 1.29 is 17.6 Å². The first-order chi connectivity index (χ1) is 9.37. The molecule has 0 spiro atoms. The molecule has 0 atom stereocenters. The van der Waals surface area contributed by atoms with E-state index in [9.17, 15) is 17.6 Å². The zero-order chi connectivity index (χ0) is 15.2. The second kappa shape index (κ2) is 7.47. The molecule has 0 saturated heterocycles. The van der Waals surface area contributed by atoms with Gasteiger partial charge in [-0.25, -0.2) is 4.39 Å². The van der Waals surface area contributed by atoms with E-state index in [4.69, 9.17) is 0 Å². The summed E-state index contributed by atoms with van der Waals surface area (Å²) in [6, 6.07) is 4.36. The van der Waals surface area contributed by atoms with Crippen molar-refractivity contribution in [3.05, 3.63) is 29.6 Å². The van der Waals surface area contributed by atoms with Crippen LogP contribution in [0.5, 0.6) is 0 Å². The van der Waals surface area contributed by atoms with Crippen LogP contribution in [0.2, 0.25) is 0 Å². The summed E-state index contributed by atoms with van der Waals surface area (Å²) in [7, 11) is 0. The van der Waals surface area contributed by atoms with Gasteiger partial charge in [-0.1, -0.05) is 19.9 Å². The van der Waals surface area contributed by atoms with Crippen LogP contribution in [0.3, 0.4) is 0 Å². The Labute approximate surface area is 116 Å². The Kier molecular flexibility index (Phi) is 6.26. The minimum atomic E-state index is -4.34. The Morgan fingerprint density at radius 2 is 1.90 bits per heavy atom. The number of hydrogen-bond donors (Lipinski definition) is 1. The topological polar surface area (TPSA) is 15.3 Å². The first-order valence-corrected chi connectivity index (χ1v) is 6.68. The Bertz CT molecular complexity index is 418. The second-order valence-corrected chi connectivity index (χ2v) is 4.60. The minimum absolute atomic E-state index is 0.00410. The summed E-state index contributed by atoms with van der Waals surface area (Å²) in [5.41, 5.74) is 0.723. The Balaban J connectivity index is 2.90. The van der Waals surface area contributed by atoms with Gasteiger partial charge in [0.2, 0.25) is 0 Å². The SMILES string of the molecule is CCCN(CC(F)(F)F)c1ccc(CNCC)cc1F. The number of hydrogen-bond acceptors (Lipinski definition) is 2. The van der Waals surface area contributed by atoms with Crippen LogP contribution in [0.1, 0.15) is 25.8 Å². The van der Waals surface area contributed by atoms with E-state index in [1.54, 1.807) is 13.0 Å². The van der Waals surface area contributed by atoms with Crippen molar-refractivity contribution in [3.8, 4) is 0 Å². The molecule has 0 aliphatic heterocycles. The highest BCUT2D eigenvalue weighted by Crippen LogP contribution is 2.25. The molecule has 0 amide bonds. The maximum Gasteiger partial charge on any atom is 0.405 e. The van der Waals surface area contributed by atoms with Crippen LogP contribution in [0, 0.1) is 5.82 Å². The van der Waals surface area contributed by atoms with Crippen molar-refractivity contribution >= 4 is 5.69 Å². The minimum Gasteiger partial charge on any atom is -0.360 e.